The largest absolute Gasteiger partial charge is 0.495 e. The zero-order chi connectivity index (χ0) is 18.2. The van der Waals surface area contributed by atoms with Crippen molar-refractivity contribution in [3.05, 3.63) is 35.2 Å². The molecule has 0 amide bonds. The van der Waals surface area contributed by atoms with Crippen LogP contribution in [0.3, 0.4) is 0 Å². The van der Waals surface area contributed by atoms with Crippen molar-refractivity contribution >= 4 is 42.8 Å². The highest BCUT2D eigenvalue weighted by Crippen LogP contribution is 2.34. The van der Waals surface area contributed by atoms with Gasteiger partial charge in [-0.05, 0) is 43.7 Å². The van der Waals surface area contributed by atoms with Gasteiger partial charge in [-0.15, -0.1) is 11.3 Å². The van der Waals surface area contributed by atoms with Crippen LogP contribution in [-0.2, 0) is 20.0 Å². The summed E-state index contributed by atoms with van der Waals surface area (Å²) in [6.07, 6.45) is 0.546. The minimum Gasteiger partial charge on any atom is -0.495 e. The second kappa shape index (κ2) is 6.50. The first-order valence-corrected chi connectivity index (χ1v) is 11.4. The van der Waals surface area contributed by atoms with Crippen LogP contribution in [0.15, 0.2) is 34.5 Å². The van der Waals surface area contributed by atoms with Gasteiger partial charge in [-0.25, -0.2) is 16.8 Å². The maximum atomic E-state index is 12.6. The first kappa shape index (κ1) is 18.0. The highest BCUT2D eigenvalue weighted by molar-refractivity contribution is 7.94. The summed E-state index contributed by atoms with van der Waals surface area (Å²) in [4.78, 5) is 0.879. The summed E-state index contributed by atoms with van der Waals surface area (Å²) in [5, 5.41) is 0. The Kier molecular flexibility index (Phi) is 4.69. The van der Waals surface area contributed by atoms with E-state index in [1.807, 2.05) is 6.92 Å². The maximum Gasteiger partial charge on any atom is 0.271 e. The van der Waals surface area contributed by atoms with Gasteiger partial charge in [0.25, 0.3) is 10.0 Å². The molecule has 3 rings (SSSR count). The van der Waals surface area contributed by atoms with E-state index >= 15 is 0 Å². The Morgan fingerprint density at radius 2 is 2.00 bits per heavy atom. The van der Waals surface area contributed by atoms with Crippen LogP contribution in [-0.4, -0.2) is 36.2 Å². The summed E-state index contributed by atoms with van der Waals surface area (Å²) < 4.78 is 58.5. The van der Waals surface area contributed by atoms with E-state index in [1.165, 1.54) is 23.5 Å². The average Bonchev–Trinajstić information content (AvgIpc) is 3.12. The lowest BCUT2D eigenvalue weighted by Gasteiger charge is -2.19. The minimum atomic E-state index is -3.77. The van der Waals surface area contributed by atoms with E-state index < -0.39 is 20.0 Å². The molecule has 0 aliphatic carbocycles. The van der Waals surface area contributed by atoms with E-state index in [4.69, 9.17) is 4.74 Å². The van der Waals surface area contributed by atoms with Crippen molar-refractivity contribution in [3.63, 3.8) is 0 Å². The zero-order valence-electron chi connectivity index (χ0n) is 13.7. The predicted molar refractivity (Wildman–Crippen MR) is 98.6 cm³/mol. The van der Waals surface area contributed by atoms with Crippen molar-refractivity contribution in [2.75, 3.05) is 28.4 Å². The van der Waals surface area contributed by atoms with Crippen LogP contribution in [0, 0.1) is 6.92 Å². The fraction of sp³-hybridized carbons (Fsp3) is 0.333. The zero-order valence-corrected chi connectivity index (χ0v) is 16.2. The Balaban J connectivity index is 1.99. The molecule has 1 N–H and O–H groups in total. The van der Waals surface area contributed by atoms with Gasteiger partial charge < -0.3 is 4.74 Å². The molecule has 0 radical (unpaired) electrons. The maximum absolute atomic E-state index is 12.6. The molecular weight excluding hydrogens is 384 g/mol. The molecule has 10 heteroatoms. The van der Waals surface area contributed by atoms with E-state index in [2.05, 4.69) is 4.72 Å². The molecule has 7 nitrogen and oxygen atoms in total. The molecule has 0 atom stereocenters. The van der Waals surface area contributed by atoms with Gasteiger partial charge in [0.05, 0.1) is 24.2 Å². The van der Waals surface area contributed by atoms with Crippen LogP contribution < -0.4 is 13.8 Å². The van der Waals surface area contributed by atoms with Gasteiger partial charge >= 0.3 is 0 Å². The molecule has 2 aromatic rings. The van der Waals surface area contributed by atoms with Crippen molar-refractivity contribution in [1.82, 2.24) is 0 Å². The number of thiophene rings is 1. The van der Waals surface area contributed by atoms with E-state index in [0.717, 1.165) is 16.2 Å². The smallest absolute Gasteiger partial charge is 0.271 e. The Morgan fingerprint density at radius 1 is 1.24 bits per heavy atom. The SMILES string of the molecule is COc1ccc(N2CCCS2(=O)=O)cc1NS(=O)(=O)c1ccc(C)s1. The van der Waals surface area contributed by atoms with Crippen molar-refractivity contribution in [2.45, 2.75) is 17.6 Å². The van der Waals surface area contributed by atoms with Crippen molar-refractivity contribution in [3.8, 4) is 5.75 Å². The van der Waals surface area contributed by atoms with Crippen LogP contribution in [0.2, 0.25) is 0 Å². The first-order valence-electron chi connectivity index (χ1n) is 7.51. The molecule has 136 valence electrons. The molecule has 1 aromatic heterocycles. The number of hydrogen-bond acceptors (Lipinski definition) is 6. The van der Waals surface area contributed by atoms with Crippen LogP contribution in [0.25, 0.3) is 0 Å². The van der Waals surface area contributed by atoms with Crippen molar-refractivity contribution in [2.24, 2.45) is 0 Å². The molecule has 0 saturated carbocycles. The quantitative estimate of drug-likeness (QED) is 0.829. The predicted octanol–water partition coefficient (Wildman–Crippen LogP) is 2.41. The Morgan fingerprint density at radius 3 is 2.56 bits per heavy atom. The molecule has 1 saturated heterocycles. The fourth-order valence-corrected chi connectivity index (χ4v) is 6.51. The average molecular weight is 403 g/mol. The number of aryl methyl sites for hydroxylation is 1. The summed E-state index contributed by atoms with van der Waals surface area (Å²) in [7, 11) is -5.70. The number of sulfonamides is 2. The van der Waals surface area contributed by atoms with Gasteiger partial charge in [-0.3, -0.25) is 9.03 Å². The Hall–Kier alpha value is -1.78. The summed E-state index contributed by atoms with van der Waals surface area (Å²) in [6, 6.07) is 7.91. The lowest BCUT2D eigenvalue weighted by atomic mass is 10.2. The fourth-order valence-electron chi connectivity index (χ4n) is 2.61. The van der Waals surface area contributed by atoms with E-state index in [-0.39, 0.29) is 15.6 Å². The number of nitrogens with zero attached hydrogens (tertiary/aromatic N) is 1. The molecule has 2 heterocycles. The third-order valence-corrected chi connectivity index (χ3v) is 8.52. The number of hydrogen-bond donors (Lipinski definition) is 1. The number of ether oxygens (including phenoxy) is 1. The highest BCUT2D eigenvalue weighted by Gasteiger charge is 2.29. The van der Waals surface area contributed by atoms with Gasteiger partial charge in [0.15, 0.2) is 0 Å². The second-order valence-corrected chi connectivity index (χ2v) is 10.8. The molecule has 25 heavy (non-hydrogen) atoms. The summed E-state index contributed by atoms with van der Waals surface area (Å²) in [5.41, 5.74) is 0.617. The molecule has 0 bridgehead atoms. The van der Waals surface area contributed by atoms with Gasteiger partial charge in [-0.1, -0.05) is 0 Å². The number of nitrogens with one attached hydrogen (secondary N) is 1. The Bertz CT molecular complexity index is 996. The standard InChI is InChI=1S/C15H18N2O5S3/c1-11-4-7-15(23-11)25(20,21)16-13-10-12(5-6-14(13)22-2)17-8-3-9-24(17,18)19/h4-7,10,16H,3,8-9H2,1-2H3. The summed E-state index contributed by atoms with van der Waals surface area (Å²) >= 11 is 1.16. The molecule has 0 spiro atoms. The minimum absolute atomic E-state index is 0.0918. The van der Waals surface area contributed by atoms with Crippen molar-refractivity contribution in [1.29, 1.82) is 0 Å². The molecule has 1 fully saturated rings. The molecule has 1 aromatic carbocycles. The Labute approximate surface area is 151 Å². The van der Waals surface area contributed by atoms with Crippen LogP contribution >= 0.6 is 11.3 Å². The molecule has 1 aliphatic heterocycles. The van der Waals surface area contributed by atoms with Gasteiger partial charge in [-0.2, -0.15) is 0 Å². The second-order valence-electron chi connectivity index (χ2n) is 5.60. The van der Waals surface area contributed by atoms with Crippen LogP contribution in [0.1, 0.15) is 11.3 Å². The van der Waals surface area contributed by atoms with Gasteiger partial charge in [0, 0.05) is 11.4 Å². The normalized spacial score (nSPS) is 16.8. The van der Waals surface area contributed by atoms with E-state index in [1.54, 1.807) is 18.2 Å². The third kappa shape index (κ3) is 3.60. The summed E-state index contributed by atoms with van der Waals surface area (Å²) in [6.45, 7) is 2.20. The molecular formula is C15H18N2O5S3. The highest BCUT2D eigenvalue weighted by atomic mass is 32.2. The monoisotopic (exact) mass is 402 g/mol. The lowest BCUT2D eigenvalue weighted by Crippen LogP contribution is -2.25. The lowest BCUT2D eigenvalue weighted by molar-refractivity contribution is 0.417. The number of rotatable bonds is 5. The van der Waals surface area contributed by atoms with Crippen molar-refractivity contribution < 1.29 is 21.6 Å². The third-order valence-electron chi connectivity index (χ3n) is 3.80. The van der Waals surface area contributed by atoms with Crippen LogP contribution in [0.5, 0.6) is 5.75 Å². The van der Waals surface area contributed by atoms with E-state index in [0.29, 0.717) is 24.4 Å². The summed E-state index contributed by atoms with van der Waals surface area (Å²) in [5.74, 6) is 0.409. The van der Waals surface area contributed by atoms with E-state index in [9.17, 15) is 16.8 Å². The van der Waals surface area contributed by atoms with Gasteiger partial charge in [0.1, 0.15) is 9.96 Å². The number of methoxy groups -OCH3 is 1. The number of anilines is 2. The van der Waals surface area contributed by atoms with Crippen LogP contribution in [0.4, 0.5) is 11.4 Å². The molecule has 1 aliphatic rings. The molecule has 0 unspecified atom stereocenters. The first-order chi connectivity index (χ1) is 11.7. The number of benzene rings is 1. The van der Waals surface area contributed by atoms with Gasteiger partial charge in [0.2, 0.25) is 10.0 Å². The topological polar surface area (TPSA) is 92.8 Å².